The van der Waals surface area contributed by atoms with Gasteiger partial charge < -0.3 is 9.67 Å². The van der Waals surface area contributed by atoms with E-state index >= 15 is 0 Å². The molecular weight excluding hydrogens is 349 g/mol. The van der Waals surface area contributed by atoms with Crippen LogP contribution in [0, 0.1) is 3.57 Å². The molecule has 1 aliphatic rings. The molecule has 94 valence electrons. The monoisotopic (exact) mass is 365 g/mol. The van der Waals surface area contributed by atoms with Gasteiger partial charge in [-0.15, -0.1) is 0 Å². The Morgan fingerprint density at radius 2 is 2.24 bits per heavy atom. The van der Waals surface area contributed by atoms with Gasteiger partial charge >= 0.3 is 5.97 Å². The average molecular weight is 365 g/mol. The van der Waals surface area contributed by atoms with E-state index in [0.717, 1.165) is 10.1 Å². The van der Waals surface area contributed by atoms with Crippen LogP contribution < -0.4 is 0 Å². The molecular formula is C12H16INO2S. The number of hydrogen-bond acceptors (Lipinski definition) is 2. The molecule has 0 unspecified atom stereocenters. The fraction of sp³-hybridized carbons (Fsp3) is 0.583. The van der Waals surface area contributed by atoms with Gasteiger partial charge in [0.2, 0.25) is 0 Å². The van der Waals surface area contributed by atoms with Crippen molar-refractivity contribution in [2.45, 2.75) is 37.0 Å². The molecule has 0 aromatic carbocycles. The van der Waals surface area contributed by atoms with Crippen LogP contribution in [-0.2, 0) is 6.54 Å². The number of carboxylic acid groups (broad SMARTS) is 1. The van der Waals surface area contributed by atoms with Crippen LogP contribution in [0.1, 0.15) is 36.2 Å². The van der Waals surface area contributed by atoms with Gasteiger partial charge in [-0.2, -0.15) is 11.8 Å². The first-order chi connectivity index (χ1) is 8.06. The van der Waals surface area contributed by atoms with E-state index in [1.54, 1.807) is 6.07 Å². The summed E-state index contributed by atoms with van der Waals surface area (Å²) < 4.78 is 3.15. The molecule has 17 heavy (non-hydrogen) atoms. The third-order valence-corrected chi connectivity index (χ3v) is 5.48. The zero-order valence-corrected chi connectivity index (χ0v) is 12.8. The summed E-state index contributed by atoms with van der Waals surface area (Å²) in [7, 11) is 0. The van der Waals surface area contributed by atoms with Crippen molar-refractivity contribution in [1.29, 1.82) is 0 Å². The highest BCUT2D eigenvalue weighted by Crippen LogP contribution is 2.41. The summed E-state index contributed by atoms with van der Waals surface area (Å²) in [6.45, 7) is 0.818. The maximum absolute atomic E-state index is 11.2. The average Bonchev–Trinajstić information content (AvgIpc) is 2.87. The molecule has 0 spiro atoms. The van der Waals surface area contributed by atoms with Crippen LogP contribution in [0.3, 0.4) is 0 Å². The van der Waals surface area contributed by atoms with Crippen molar-refractivity contribution >= 4 is 40.3 Å². The molecule has 1 heterocycles. The molecule has 1 aliphatic carbocycles. The third-order valence-electron chi connectivity index (χ3n) is 3.49. The van der Waals surface area contributed by atoms with Gasteiger partial charge in [0.25, 0.3) is 0 Å². The van der Waals surface area contributed by atoms with Crippen LogP contribution in [0.2, 0.25) is 0 Å². The van der Waals surface area contributed by atoms with Gasteiger partial charge in [-0.1, -0.05) is 12.8 Å². The number of carbonyl (C=O) groups is 1. The molecule has 2 rings (SSSR count). The number of aromatic carboxylic acids is 1. The number of thioether (sulfide) groups is 1. The van der Waals surface area contributed by atoms with Crippen LogP contribution in [-0.4, -0.2) is 26.6 Å². The van der Waals surface area contributed by atoms with Gasteiger partial charge in [-0.25, -0.2) is 4.79 Å². The second-order valence-corrected chi connectivity index (χ2v) is 7.09. The van der Waals surface area contributed by atoms with Crippen molar-refractivity contribution in [1.82, 2.24) is 4.57 Å². The van der Waals surface area contributed by atoms with Crippen LogP contribution >= 0.6 is 34.4 Å². The maximum atomic E-state index is 11.2. The molecule has 1 N–H and O–H groups in total. The topological polar surface area (TPSA) is 42.2 Å². The summed E-state index contributed by atoms with van der Waals surface area (Å²) in [5.74, 6) is -0.831. The lowest BCUT2D eigenvalue weighted by Crippen LogP contribution is -2.28. The van der Waals surface area contributed by atoms with Crippen LogP contribution in [0.15, 0.2) is 12.3 Å². The minimum Gasteiger partial charge on any atom is -0.477 e. The smallest absolute Gasteiger partial charge is 0.352 e. The van der Waals surface area contributed by atoms with Crippen molar-refractivity contribution in [2.24, 2.45) is 0 Å². The maximum Gasteiger partial charge on any atom is 0.352 e. The SMILES string of the molecule is CSC1(Cn2cc(I)cc2C(=O)O)CCCC1. The van der Waals surface area contributed by atoms with Crippen molar-refractivity contribution in [3.63, 3.8) is 0 Å². The second-order valence-electron chi connectivity index (χ2n) is 4.57. The van der Waals surface area contributed by atoms with E-state index < -0.39 is 5.97 Å². The molecule has 0 bridgehead atoms. The van der Waals surface area contributed by atoms with Crippen LogP contribution in [0.5, 0.6) is 0 Å². The summed E-state index contributed by atoms with van der Waals surface area (Å²) in [5.41, 5.74) is 0.412. The van der Waals surface area contributed by atoms with Crippen molar-refractivity contribution in [2.75, 3.05) is 6.26 Å². The van der Waals surface area contributed by atoms with Gasteiger partial charge in [0.05, 0.1) is 0 Å². The Morgan fingerprint density at radius 1 is 1.59 bits per heavy atom. The standard InChI is InChI=1S/C12H16INO2S/c1-17-12(4-2-3-5-12)8-14-7-9(13)6-10(14)11(15)16/h6-7H,2-5,8H2,1H3,(H,15,16). The fourth-order valence-corrected chi connectivity index (χ4v) is 4.14. The Hall–Kier alpha value is -0.170. The van der Waals surface area contributed by atoms with Gasteiger partial charge in [-0.3, -0.25) is 0 Å². The molecule has 1 saturated carbocycles. The number of hydrogen-bond donors (Lipinski definition) is 1. The van der Waals surface area contributed by atoms with Crippen LogP contribution in [0.25, 0.3) is 0 Å². The van der Waals surface area contributed by atoms with E-state index in [1.807, 2.05) is 22.5 Å². The first-order valence-electron chi connectivity index (χ1n) is 5.70. The summed E-state index contributed by atoms with van der Waals surface area (Å²) in [6.07, 6.45) is 9.01. The highest BCUT2D eigenvalue weighted by atomic mass is 127. The summed E-state index contributed by atoms with van der Waals surface area (Å²) in [5, 5.41) is 9.18. The summed E-state index contributed by atoms with van der Waals surface area (Å²) in [4.78, 5) is 11.2. The molecule has 0 aliphatic heterocycles. The van der Waals surface area contributed by atoms with E-state index in [0.29, 0.717) is 5.69 Å². The molecule has 1 aromatic heterocycles. The molecule has 0 saturated heterocycles. The minimum atomic E-state index is -0.831. The lowest BCUT2D eigenvalue weighted by atomic mass is 10.1. The zero-order valence-electron chi connectivity index (χ0n) is 9.78. The van der Waals surface area contributed by atoms with Crippen molar-refractivity contribution in [3.8, 4) is 0 Å². The highest BCUT2D eigenvalue weighted by Gasteiger charge is 2.34. The Labute approximate surface area is 119 Å². The number of carboxylic acids is 1. The number of rotatable bonds is 4. The largest absolute Gasteiger partial charge is 0.477 e. The number of nitrogens with zero attached hydrogens (tertiary/aromatic N) is 1. The van der Waals surface area contributed by atoms with Gasteiger partial charge in [0.15, 0.2) is 0 Å². The quantitative estimate of drug-likeness (QED) is 0.831. The lowest BCUT2D eigenvalue weighted by molar-refractivity contribution is 0.0684. The Bertz CT molecular complexity index is 424. The van der Waals surface area contributed by atoms with E-state index in [1.165, 1.54) is 25.7 Å². The van der Waals surface area contributed by atoms with Crippen molar-refractivity contribution in [3.05, 3.63) is 21.5 Å². The van der Waals surface area contributed by atoms with Crippen LogP contribution in [0.4, 0.5) is 0 Å². The predicted octanol–water partition coefficient (Wildman–Crippen LogP) is 3.47. The molecule has 3 nitrogen and oxygen atoms in total. The molecule has 0 amide bonds. The zero-order chi connectivity index (χ0) is 12.5. The molecule has 1 aromatic rings. The van der Waals surface area contributed by atoms with E-state index in [-0.39, 0.29) is 4.75 Å². The van der Waals surface area contributed by atoms with Gasteiger partial charge in [0, 0.05) is 21.1 Å². The van der Waals surface area contributed by atoms with E-state index in [9.17, 15) is 9.90 Å². The minimum absolute atomic E-state index is 0.242. The normalized spacial score (nSPS) is 18.5. The molecule has 0 atom stereocenters. The third kappa shape index (κ3) is 2.81. The highest BCUT2D eigenvalue weighted by molar-refractivity contribution is 14.1. The van der Waals surface area contributed by atoms with E-state index in [2.05, 4.69) is 28.8 Å². The molecule has 5 heteroatoms. The van der Waals surface area contributed by atoms with Crippen molar-refractivity contribution < 1.29 is 9.90 Å². The molecule has 0 radical (unpaired) electrons. The van der Waals surface area contributed by atoms with Gasteiger partial charge in [-0.05, 0) is 47.8 Å². The predicted molar refractivity (Wildman–Crippen MR) is 78.8 cm³/mol. The number of aromatic nitrogens is 1. The first-order valence-corrected chi connectivity index (χ1v) is 8.01. The Morgan fingerprint density at radius 3 is 2.76 bits per heavy atom. The summed E-state index contributed by atoms with van der Waals surface area (Å²) >= 11 is 4.06. The molecule has 1 fully saturated rings. The first kappa shape index (κ1) is 13.3. The number of halogens is 1. The Balaban J connectivity index is 2.25. The van der Waals surface area contributed by atoms with E-state index in [4.69, 9.17) is 0 Å². The lowest BCUT2D eigenvalue weighted by Gasteiger charge is -2.27. The summed E-state index contributed by atoms with van der Waals surface area (Å²) in [6, 6.07) is 1.74. The van der Waals surface area contributed by atoms with Gasteiger partial charge in [0.1, 0.15) is 5.69 Å². The second kappa shape index (κ2) is 5.22. The fourth-order valence-electron chi connectivity index (χ4n) is 2.54. The Kier molecular flexibility index (Phi) is 4.07.